The van der Waals surface area contributed by atoms with Gasteiger partial charge in [0.1, 0.15) is 0 Å². The monoisotopic (exact) mass is 182 g/mol. The van der Waals surface area contributed by atoms with Gasteiger partial charge in [0.15, 0.2) is 0 Å². The lowest BCUT2D eigenvalue weighted by molar-refractivity contribution is -0.00126. The standard InChI is InChI=1S/C12H22O/c1-8(2)10-7-9(3)13-11(10)12(4,5)6/h7-9,11H,1-6H3. The van der Waals surface area contributed by atoms with E-state index in [4.69, 9.17) is 4.74 Å². The quantitative estimate of drug-likeness (QED) is 0.565. The minimum atomic E-state index is 0.223. The molecule has 0 fully saturated rings. The van der Waals surface area contributed by atoms with Crippen LogP contribution >= 0.6 is 0 Å². The summed E-state index contributed by atoms with van der Waals surface area (Å²) in [6, 6.07) is 0. The van der Waals surface area contributed by atoms with Crippen LogP contribution < -0.4 is 0 Å². The van der Waals surface area contributed by atoms with Crippen LogP contribution in [-0.4, -0.2) is 12.2 Å². The van der Waals surface area contributed by atoms with Crippen LogP contribution in [0.1, 0.15) is 41.5 Å². The highest BCUT2D eigenvalue weighted by Crippen LogP contribution is 2.37. The molecule has 0 radical (unpaired) electrons. The summed E-state index contributed by atoms with van der Waals surface area (Å²) in [4.78, 5) is 0. The first-order valence-corrected chi connectivity index (χ1v) is 5.19. The smallest absolute Gasteiger partial charge is 0.0844 e. The third-order valence-corrected chi connectivity index (χ3v) is 2.53. The van der Waals surface area contributed by atoms with Crippen molar-refractivity contribution in [2.45, 2.75) is 53.8 Å². The maximum Gasteiger partial charge on any atom is 0.0844 e. The molecule has 0 aliphatic carbocycles. The molecule has 2 unspecified atom stereocenters. The fourth-order valence-corrected chi connectivity index (χ4v) is 1.89. The molecule has 0 bridgehead atoms. The van der Waals surface area contributed by atoms with E-state index in [0.29, 0.717) is 18.1 Å². The van der Waals surface area contributed by atoms with E-state index in [-0.39, 0.29) is 5.41 Å². The van der Waals surface area contributed by atoms with Crippen molar-refractivity contribution in [3.05, 3.63) is 11.6 Å². The predicted octanol–water partition coefficient (Wildman–Crippen LogP) is 3.40. The Morgan fingerprint density at radius 1 is 1.31 bits per heavy atom. The van der Waals surface area contributed by atoms with Gasteiger partial charge < -0.3 is 4.74 Å². The molecule has 0 saturated heterocycles. The highest BCUT2D eigenvalue weighted by molar-refractivity contribution is 5.20. The van der Waals surface area contributed by atoms with Gasteiger partial charge in [-0.1, -0.05) is 40.7 Å². The van der Waals surface area contributed by atoms with Crippen LogP contribution in [0.25, 0.3) is 0 Å². The van der Waals surface area contributed by atoms with E-state index in [2.05, 4.69) is 47.6 Å². The number of rotatable bonds is 1. The van der Waals surface area contributed by atoms with Crippen molar-refractivity contribution in [3.63, 3.8) is 0 Å². The third-order valence-electron chi connectivity index (χ3n) is 2.53. The maximum atomic E-state index is 5.91. The number of hydrogen-bond donors (Lipinski definition) is 0. The first kappa shape index (κ1) is 10.8. The lowest BCUT2D eigenvalue weighted by Gasteiger charge is -2.31. The summed E-state index contributed by atoms with van der Waals surface area (Å²) in [5.74, 6) is 0.606. The van der Waals surface area contributed by atoms with Crippen LogP contribution in [0.5, 0.6) is 0 Å². The second kappa shape index (κ2) is 3.45. The first-order valence-electron chi connectivity index (χ1n) is 5.19. The molecular weight excluding hydrogens is 160 g/mol. The van der Waals surface area contributed by atoms with Gasteiger partial charge >= 0.3 is 0 Å². The lowest BCUT2D eigenvalue weighted by Crippen LogP contribution is -2.30. The van der Waals surface area contributed by atoms with Crippen LogP contribution in [0.4, 0.5) is 0 Å². The van der Waals surface area contributed by atoms with Gasteiger partial charge in [-0.25, -0.2) is 0 Å². The van der Waals surface area contributed by atoms with E-state index >= 15 is 0 Å². The molecule has 1 heteroatoms. The van der Waals surface area contributed by atoms with Crippen molar-refractivity contribution in [1.29, 1.82) is 0 Å². The van der Waals surface area contributed by atoms with Gasteiger partial charge in [0, 0.05) is 0 Å². The molecule has 0 amide bonds. The Labute approximate surface area is 82.2 Å². The van der Waals surface area contributed by atoms with Crippen molar-refractivity contribution in [1.82, 2.24) is 0 Å². The summed E-state index contributed by atoms with van der Waals surface area (Å²) in [5, 5.41) is 0. The maximum absolute atomic E-state index is 5.91. The minimum Gasteiger partial charge on any atom is -0.366 e. The highest BCUT2D eigenvalue weighted by Gasteiger charge is 2.35. The van der Waals surface area contributed by atoms with Gasteiger partial charge in [0.25, 0.3) is 0 Å². The van der Waals surface area contributed by atoms with Crippen LogP contribution in [-0.2, 0) is 4.74 Å². The molecule has 0 aromatic rings. The molecule has 2 atom stereocenters. The zero-order valence-corrected chi connectivity index (χ0v) is 9.72. The van der Waals surface area contributed by atoms with Crippen molar-refractivity contribution in [2.24, 2.45) is 11.3 Å². The molecule has 13 heavy (non-hydrogen) atoms. The molecule has 0 saturated carbocycles. The molecule has 1 aliphatic rings. The van der Waals surface area contributed by atoms with E-state index in [0.717, 1.165) is 0 Å². The number of ether oxygens (including phenoxy) is 1. The van der Waals surface area contributed by atoms with Crippen molar-refractivity contribution >= 4 is 0 Å². The summed E-state index contributed by atoms with van der Waals surface area (Å²) in [7, 11) is 0. The zero-order chi connectivity index (χ0) is 10.2. The zero-order valence-electron chi connectivity index (χ0n) is 9.72. The molecule has 1 nitrogen and oxygen atoms in total. The van der Waals surface area contributed by atoms with Gasteiger partial charge in [0.2, 0.25) is 0 Å². The van der Waals surface area contributed by atoms with E-state index in [1.165, 1.54) is 5.57 Å². The molecular formula is C12H22O. The lowest BCUT2D eigenvalue weighted by atomic mass is 9.81. The molecule has 0 aromatic heterocycles. The largest absolute Gasteiger partial charge is 0.366 e. The highest BCUT2D eigenvalue weighted by atomic mass is 16.5. The summed E-state index contributed by atoms with van der Waals surface area (Å²) < 4.78 is 5.91. The molecule has 0 spiro atoms. The fourth-order valence-electron chi connectivity index (χ4n) is 1.89. The van der Waals surface area contributed by atoms with Crippen LogP contribution in [0.2, 0.25) is 0 Å². The Bertz CT molecular complexity index is 208. The van der Waals surface area contributed by atoms with Crippen molar-refractivity contribution < 1.29 is 4.74 Å². The van der Waals surface area contributed by atoms with Gasteiger partial charge in [-0.3, -0.25) is 0 Å². The van der Waals surface area contributed by atoms with E-state index in [1.807, 2.05) is 0 Å². The molecule has 0 N–H and O–H groups in total. The number of hydrogen-bond acceptors (Lipinski definition) is 1. The van der Waals surface area contributed by atoms with Gasteiger partial charge in [0.05, 0.1) is 12.2 Å². The second-order valence-corrected chi connectivity index (χ2v) is 5.41. The molecule has 1 rings (SSSR count). The van der Waals surface area contributed by atoms with Crippen LogP contribution in [0.15, 0.2) is 11.6 Å². The minimum absolute atomic E-state index is 0.223. The molecule has 76 valence electrons. The fraction of sp³-hybridized carbons (Fsp3) is 0.833. The molecule has 0 aromatic carbocycles. The SMILES string of the molecule is CC1C=C(C(C)C)C(C(C)(C)C)O1. The first-order chi connectivity index (χ1) is 5.82. The average molecular weight is 182 g/mol. The Morgan fingerprint density at radius 2 is 1.85 bits per heavy atom. The topological polar surface area (TPSA) is 9.23 Å². The van der Waals surface area contributed by atoms with Crippen LogP contribution in [0, 0.1) is 11.3 Å². The van der Waals surface area contributed by atoms with E-state index in [9.17, 15) is 0 Å². The molecule has 1 aliphatic heterocycles. The van der Waals surface area contributed by atoms with E-state index < -0.39 is 0 Å². The molecule has 1 heterocycles. The third kappa shape index (κ3) is 2.34. The van der Waals surface area contributed by atoms with Gasteiger partial charge in [-0.15, -0.1) is 0 Å². The Morgan fingerprint density at radius 3 is 2.15 bits per heavy atom. The summed E-state index contributed by atoms with van der Waals surface area (Å²) in [5.41, 5.74) is 1.70. The van der Waals surface area contributed by atoms with Gasteiger partial charge in [-0.05, 0) is 23.8 Å². The van der Waals surface area contributed by atoms with Crippen molar-refractivity contribution in [3.8, 4) is 0 Å². The normalized spacial score (nSPS) is 29.6. The van der Waals surface area contributed by atoms with Crippen molar-refractivity contribution in [2.75, 3.05) is 0 Å². The Kier molecular flexibility index (Phi) is 2.86. The summed E-state index contributed by atoms with van der Waals surface area (Å²) in [6.45, 7) is 13.3. The average Bonchev–Trinajstić information content (AvgIpc) is 2.29. The van der Waals surface area contributed by atoms with Gasteiger partial charge in [-0.2, -0.15) is 0 Å². The summed E-state index contributed by atoms with van der Waals surface area (Å²) >= 11 is 0. The Balaban J connectivity index is 2.84. The second-order valence-electron chi connectivity index (χ2n) is 5.41. The summed E-state index contributed by atoms with van der Waals surface area (Å²) in [6.07, 6.45) is 2.88. The van der Waals surface area contributed by atoms with Crippen LogP contribution in [0.3, 0.4) is 0 Å². The Hall–Kier alpha value is -0.300. The predicted molar refractivity (Wildman–Crippen MR) is 56.7 cm³/mol. The van der Waals surface area contributed by atoms with E-state index in [1.54, 1.807) is 0 Å².